The third-order valence-corrected chi connectivity index (χ3v) is 1.31. The summed E-state index contributed by atoms with van der Waals surface area (Å²) in [5, 5.41) is 2.57. The molecule has 0 aliphatic carbocycles. The summed E-state index contributed by atoms with van der Waals surface area (Å²) < 4.78 is 0. The molecule has 0 aromatic carbocycles. The van der Waals surface area contributed by atoms with Crippen molar-refractivity contribution in [1.29, 1.82) is 0 Å². The minimum absolute atomic E-state index is 0.209. The van der Waals surface area contributed by atoms with Crippen LogP contribution in [0.1, 0.15) is 19.8 Å². The van der Waals surface area contributed by atoms with Crippen LogP contribution in [0.25, 0.3) is 0 Å². The molecule has 0 aromatic heterocycles. The molecule has 1 atom stereocenters. The van der Waals surface area contributed by atoms with E-state index in [0.717, 1.165) is 0 Å². The van der Waals surface area contributed by atoms with E-state index in [1.165, 1.54) is 0 Å². The number of hydrogen-bond donors (Lipinski definition) is 3. The number of nitrogens with two attached hydrogens (primary N) is 2. The maximum absolute atomic E-state index is 10.8. The molecule has 12 heavy (non-hydrogen) atoms. The first kappa shape index (κ1) is 10.9. The summed E-state index contributed by atoms with van der Waals surface area (Å²) >= 11 is 0. The SMILES string of the molecule is CC(N)C(=O)NCCCC(N)=O. The molecule has 5 N–H and O–H groups in total. The molecule has 5 heteroatoms. The van der Waals surface area contributed by atoms with Crippen LogP contribution in [-0.4, -0.2) is 24.4 Å². The highest BCUT2D eigenvalue weighted by molar-refractivity contribution is 5.81. The first-order valence-electron chi connectivity index (χ1n) is 3.85. The van der Waals surface area contributed by atoms with Gasteiger partial charge < -0.3 is 16.8 Å². The first-order chi connectivity index (χ1) is 5.54. The number of carbonyl (C=O) groups is 2. The predicted molar refractivity (Wildman–Crippen MR) is 45.1 cm³/mol. The molecule has 2 amide bonds. The van der Waals surface area contributed by atoms with Gasteiger partial charge >= 0.3 is 0 Å². The Bertz CT molecular complexity index is 168. The van der Waals surface area contributed by atoms with Crippen LogP contribution in [0.2, 0.25) is 0 Å². The van der Waals surface area contributed by atoms with Crippen molar-refractivity contribution in [3.05, 3.63) is 0 Å². The molecule has 0 radical (unpaired) electrons. The second-order valence-electron chi connectivity index (χ2n) is 2.65. The Balaban J connectivity index is 3.32. The lowest BCUT2D eigenvalue weighted by molar-refractivity contribution is -0.122. The van der Waals surface area contributed by atoms with E-state index < -0.39 is 6.04 Å². The molecule has 0 spiro atoms. The number of carbonyl (C=O) groups excluding carboxylic acids is 2. The third-order valence-electron chi connectivity index (χ3n) is 1.31. The number of amides is 2. The van der Waals surface area contributed by atoms with Gasteiger partial charge in [0, 0.05) is 13.0 Å². The van der Waals surface area contributed by atoms with Crippen LogP contribution in [0.4, 0.5) is 0 Å². The molecule has 1 unspecified atom stereocenters. The van der Waals surface area contributed by atoms with E-state index in [0.29, 0.717) is 19.4 Å². The highest BCUT2D eigenvalue weighted by Gasteiger charge is 2.05. The fourth-order valence-electron chi connectivity index (χ4n) is 0.635. The zero-order valence-electron chi connectivity index (χ0n) is 7.17. The molecule has 0 rings (SSSR count). The minimum Gasteiger partial charge on any atom is -0.370 e. The summed E-state index contributed by atoms with van der Waals surface area (Å²) in [5.41, 5.74) is 10.2. The second kappa shape index (κ2) is 5.54. The van der Waals surface area contributed by atoms with Gasteiger partial charge in [0.2, 0.25) is 11.8 Å². The summed E-state index contributed by atoms with van der Waals surface area (Å²) in [4.78, 5) is 21.1. The molecule has 0 aromatic rings. The lowest BCUT2D eigenvalue weighted by Crippen LogP contribution is -2.38. The molecule has 0 aliphatic heterocycles. The standard InChI is InChI=1S/C7H15N3O2/c1-5(8)7(12)10-4-2-3-6(9)11/h5H,2-4,8H2,1H3,(H2,9,11)(H,10,12). The van der Waals surface area contributed by atoms with E-state index in [-0.39, 0.29) is 11.8 Å². The van der Waals surface area contributed by atoms with Crippen molar-refractivity contribution in [1.82, 2.24) is 5.32 Å². The minimum atomic E-state index is -0.501. The molecule has 0 saturated carbocycles. The average Bonchev–Trinajstić information content (AvgIpc) is 1.97. The molecule has 0 bridgehead atoms. The van der Waals surface area contributed by atoms with Gasteiger partial charge in [-0.15, -0.1) is 0 Å². The van der Waals surface area contributed by atoms with Crippen LogP contribution in [0.5, 0.6) is 0 Å². The molecular weight excluding hydrogens is 158 g/mol. The van der Waals surface area contributed by atoms with Crippen molar-refractivity contribution in [3.8, 4) is 0 Å². The van der Waals surface area contributed by atoms with Crippen LogP contribution in [0, 0.1) is 0 Å². The molecule has 0 saturated heterocycles. The molecular formula is C7H15N3O2. The summed E-state index contributed by atoms with van der Waals surface area (Å²) in [5.74, 6) is -0.565. The van der Waals surface area contributed by atoms with Gasteiger partial charge in [-0.05, 0) is 13.3 Å². The van der Waals surface area contributed by atoms with Crippen LogP contribution in [0.15, 0.2) is 0 Å². The van der Waals surface area contributed by atoms with Crippen molar-refractivity contribution in [3.63, 3.8) is 0 Å². The normalized spacial score (nSPS) is 12.2. The van der Waals surface area contributed by atoms with E-state index in [2.05, 4.69) is 5.32 Å². The Morgan fingerprint density at radius 2 is 2.08 bits per heavy atom. The lowest BCUT2D eigenvalue weighted by Gasteiger charge is -2.05. The van der Waals surface area contributed by atoms with Gasteiger partial charge in [0.25, 0.3) is 0 Å². The Kier molecular flexibility index (Phi) is 5.03. The number of primary amides is 1. The summed E-state index contributed by atoms with van der Waals surface area (Å²) in [6.45, 7) is 2.05. The quantitative estimate of drug-likeness (QED) is 0.451. The summed E-state index contributed by atoms with van der Waals surface area (Å²) in [7, 11) is 0. The highest BCUT2D eigenvalue weighted by atomic mass is 16.2. The zero-order valence-corrected chi connectivity index (χ0v) is 7.17. The summed E-state index contributed by atoms with van der Waals surface area (Å²) in [6, 6.07) is -0.501. The molecule has 0 aliphatic rings. The lowest BCUT2D eigenvalue weighted by atomic mass is 10.3. The second-order valence-corrected chi connectivity index (χ2v) is 2.65. The molecule has 70 valence electrons. The fourth-order valence-corrected chi connectivity index (χ4v) is 0.635. The maximum atomic E-state index is 10.8. The predicted octanol–water partition coefficient (Wildman–Crippen LogP) is -1.28. The van der Waals surface area contributed by atoms with Gasteiger partial charge in [-0.2, -0.15) is 0 Å². The van der Waals surface area contributed by atoms with E-state index in [1.807, 2.05) is 0 Å². The van der Waals surface area contributed by atoms with Gasteiger partial charge in [0.1, 0.15) is 0 Å². The smallest absolute Gasteiger partial charge is 0.236 e. The fraction of sp³-hybridized carbons (Fsp3) is 0.714. The first-order valence-corrected chi connectivity index (χ1v) is 3.85. The number of hydrogen-bond acceptors (Lipinski definition) is 3. The largest absolute Gasteiger partial charge is 0.370 e. The maximum Gasteiger partial charge on any atom is 0.236 e. The van der Waals surface area contributed by atoms with Gasteiger partial charge in [-0.25, -0.2) is 0 Å². The van der Waals surface area contributed by atoms with Crippen LogP contribution < -0.4 is 16.8 Å². The Morgan fingerprint density at radius 3 is 2.50 bits per heavy atom. The van der Waals surface area contributed by atoms with Crippen molar-refractivity contribution in [2.45, 2.75) is 25.8 Å². The van der Waals surface area contributed by atoms with Gasteiger partial charge in [0.15, 0.2) is 0 Å². The molecule has 5 nitrogen and oxygen atoms in total. The molecule has 0 fully saturated rings. The monoisotopic (exact) mass is 173 g/mol. The van der Waals surface area contributed by atoms with Gasteiger partial charge in [0.05, 0.1) is 6.04 Å². The third kappa shape index (κ3) is 5.67. The molecule has 0 heterocycles. The Labute approximate surface area is 71.5 Å². The topological polar surface area (TPSA) is 98.2 Å². The van der Waals surface area contributed by atoms with E-state index >= 15 is 0 Å². The van der Waals surface area contributed by atoms with Crippen LogP contribution in [0.3, 0.4) is 0 Å². The average molecular weight is 173 g/mol. The van der Waals surface area contributed by atoms with Gasteiger partial charge in [-0.3, -0.25) is 9.59 Å². The number of rotatable bonds is 5. The zero-order chi connectivity index (χ0) is 9.56. The van der Waals surface area contributed by atoms with Crippen LogP contribution in [-0.2, 0) is 9.59 Å². The van der Waals surface area contributed by atoms with E-state index in [1.54, 1.807) is 6.92 Å². The number of nitrogens with one attached hydrogen (secondary N) is 1. The van der Waals surface area contributed by atoms with Crippen molar-refractivity contribution >= 4 is 11.8 Å². The highest BCUT2D eigenvalue weighted by Crippen LogP contribution is 1.84. The Hall–Kier alpha value is -1.10. The van der Waals surface area contributed by atoms with Crippen LogP contribution >= 0.6 is 0 Å². The van der Waals surface area contributed by atoms with Crippen molar-refractivity contribution in [2.75, 3.05) is 6.54 Å². The van der Waals surface area contributed by atoms with Crippen molar-refractivity contribution in [2.24, 2.45) is 11.5 Å². The van der Waals surface area contributed by atoms with E-state index in [4.69, 9.17) is 11.5 Å². The Morgan fingerprint density at radius 1 is 1.50 bits per heavy atom. The van der Waals surface area contributed by atoms with Gasteiger partial charge in [-0.1, -0.05) is 0 Å². The van der Waals surface area contributed by atoms with E-state index in [9.17, 15) is 9.59 Å². The summed E-state index contributed by atoms with van der Waals surface area (Å²) in [6.07, 6.45) is 0.854. The van der Waals surface area contributed by atoms with Crippen molar-refractivity contribution < 1.29 is 9.59 Å².